The number of nitrogens with zero attached hydrogens (tertiary/aromatic N) is 3. The highest BCUT2D eigenvalue weighted by Gasteiger charge is 2.44. The maximum atomic E-state index is 14.6. The second kappa shape index (κ2) is 9.15. The third-order valence-corrected chi connectivity index (χ3v) is 8.52. The van der Waals surface area contributed by atoms with Crippen LogP contribution in [0.2, 0.25) is 0 Å². The summed E-state index contributed by atoms with van der Waals surface area (Å²) in [5.74, 6) is -0.0619. The van der Waals surface area contributed by atoms with E-state index in [0.29, 0.717) is 17.2 Å². The summed E-state index contributed by atoms with van der Waals surface area (Å²) in [6.07, 6.45) is 9.24. The largest absolute Gasteiger partial charge is 0.478 e. The average Bonchev–Trinajstić information content (AvgIpc) is 3.83. The van der Waals surface area contributed by atoms with Crippen LogP contribution in [0, 0.1) is 11.6 Å². The normalized spacial score (nSPS) is 24.7. The van der Waals surface area contributed by atoms with Crippen LogP contribution in [0.4, 0.5) is 14.6 Å². The molecule has 4 aliphatic rings. The van der Waals surface area contributed by atoms with E-state index in [0.717, 1.165) is 62.7 Å². The molecule has 2 aliphatic carbocycles. The standard InChI is InChI=1S/C29H29F2N3O4/c30-23-2-1-3-24(31)25(23)26-22(27(38-33-26)16-6-7-16)14-37-20-11-18-8-9-19(12-20)34(18)28-21(15-4-5-15)10-17(13-32-28)29(35)36/h1-3,10,13,15-16,18-20H,4-9,11-12,14H2,(H,35,36)/t18-,19?,20?/m0/s1. The molecule has 38 heavy (non-hydrogen) atoms. The van der Waals surface area contributed by atoms with Crippen molar-refractivity contribution in [3.05, 3.63) is 64.5 Å². The lowest BCUT2D eigenvalue weighted by Crippen LogP contribution is -2.46. The highest BCUT2D eigenvalue weighted by Crippen LogP contribution is 2.49. The molecule has 1 aromatic carbocycles. The van der Waals surface area contributed by atoms with Crippen LogP contribution in [0.5, 0.6) is 0 Å². The van der Waals surface area contributed by atoms with Crippen molar-refractivity contribution in [2.45, 2.75) is 88.0 Å². The summed E-state index contributed by atoms with van der Waals surface area (Å²) < 4.78 is 41.2. The van der Waals surface area contributed by atoms with Gasteiger partial charge < -0.3 is 19.3 Å². The van der Waals surface area contributed by atoms with Crippen LogP contribution in [-0.2, 0) is 11.3 Å². The Morgan fingerprint density at radius 1 is 1.05 bits per heavy atom. The number of benzene rings is 1. The molecule has 7 nitrogen and oxygen atoms in total. The summed E-state index contributed by atoms with van der Waals surface area (Å²) in [6, 6.07) is 6.12. The van der Waals surface area contributed by atoms with E-state index in [-0.39, 0.29) is 47.5 Å². The van der Waals surface area contributed by atoms with Gasteiger partial charge in [-0.2, -0.15) is 0 Å². The summed E-state index contributed by atoms with van der Waals surface area (Å²) >= 11 is 0. The first-order valence-corrected chi connectivity index (χ1v) is 13.5. The zero-order valence-electron chi connectivity index (χ0n) is 20.9. The maximum Gasteiger partial charge on any atom is 0.337 e. The number of aromatic nitrogens is 2. The Labute approximate surface area is 218 Å². The molecule has 7 rings (SSSR count). The number of piperidine rings is 1. The van der Waals surface area contributed by atoms with Gasteiger partial charge in [0.05, 0.1) is 23.8 Å². The van der Waals surface area contributed by atoms with Crippen molar-refractivity contribution in [3.8, 4) is 11.3 Å². The molecular weight excluding hydrogens is 492 g/mol. The number of fused-ring (bicyclic) bond motifs is 2. The Hall–Kier alpha value is -3.33. The van der Waals surface area contributed by atoms with Gasteiger partial charge in [-0.25, -0.2) is 18.6 Å². The first-order chi connectivity index (χ1) is 18.5. The van der Waals surface area contributed by atoms with E-state index >= 15 is 0 Å². The van der Waals surface area contributed by atoms with Crippen molar-refractivity contribution in [1.82, 2.24) is 10.1 Å². The minimum absolute atomic E-state index is 0.00770. The number of aromatic carboxylic acids is 1. The zero-order chi connectivity index (χ0) is 26.0. The van der Waals surface area contributed by atoms with Crippen LogP contribution in [0.3, 0.4) is 0 Å². The summed E-state index contributed by atoms with van der Waals surface area (Å²) in [7, 11) is 0. The Morgan fingerprint density at radius 2 is 1.74 bits per heavy atom. The molecule has 3 aromatic rings. The Morgan fingerprint density at radius 3 is 2.37 bits per heavy atom. The molecule has 4 heterocycles. The monoisotopic (exact) mass is 521 g/mol. The van der Waals surface area contributed by atoms with E-state index in [2.05, 4.69) is 15.0 Å². The van der Waals surface area contributed by atoms with Gasteiger partial charge in [0.2, 0.25) is 0 Å². The predicted molar refractivity (Wildman–Crippen MR) is 134 cm³/mol. The quantitative estimate of drug-likeness (QED) is 0.378. The van der Waals surface area contributed by atoms with Crippen LogP contribution in [0.25, 0.3) is 11.3 Å². The fraction of sp³-hybridized carbons (Fsp3) is 0.483. The van der Waals surface area contributed by atoms with Crippen molar-refractivity contribution >= 4 is 11.8 Å². The van der Waals surface area contributed by atoms with Crippen molar-refractivity contribution in [3.63, 3.8) is 0 Å². The molecule has 2 aliphatic heterocycles. The van der Waals surface area contributed by atoms with Crippen LogP contribution >= 0.6 is 0 Å². The number of carboxylic acid groups (broad SMARTS) is 1. The molecule has 1 N–H and O–H groups in total. The number of hydrogen-bond acceptors (Lipinski definition) is 6. The molecule has 0 spiro atoms. The zero-order valence-corrected chi connectivity index (χ0v) is 20.9. The lowest BCUT2D eigenvalue weighted by molar-refractivity contribution is 0.0145. The van der Waals surface area contributed by atoms with E-state index in [1.807, 2.05) is 0 Å². The fourth-order valence-electron chi connectivity index (χ4n) is 6.36. The topological polar surface area (TPSA) is 88.7 Å². The smallest absolute Gasteiger partial charge is 0.337 e. The van der Waals surface area contributed by atoms with E-state index in [4.69, 9.17) is 9.26 Å². The van der Waals surface area contributed by atoms with Crippen LogP contribution in [0.1, 0.15) is 90.4 Å². The van der Waals surface area contributed by atoms with Crippen LogP contribution in [-0.4, -0.2) is 39.4 Å². The molecule has 9 heteroatoms. The molecule has 2 unspecified atom stereocenters. The lowest BCUT2D eigenvalue weighted by Gasteiger charge is -2.40. The Balaban J connectivity index is 1.11. The van der Waals surface area contributed by atoms with Crippen molar-refractivity contribution in [2.24, 2.45) is 0 Å². The Bertz CT molecular complexity index is 1370. The highest BCUT2D eigenvalue weighted by molar-refractivity contribution is 5.88. The third kappa shape index (κ3) is 4.17. The summed E-state index contributed by atoms with van der Waals surface area (Å²) in [4.78, 5) is 18.6. The highest BCUT2D eigenvalue weighted by atomic mass is 19.1. The van der Waals surface area contributed by atoms with Gasteiger partial charge in [-0.05, 0) is 81.0 Å². The van der Waals surface area contributed by atoms with Crippen molar-refractivity contribution in [2.75, 3.05) is 4.90 Å². The number of anilines is 1. The molecule has 4 fully saturated rings. The number of rotatable bonds is 8. The van der Waals surface area contributed by atoms with Gasteiger partial charge in [0.25, 0.3) is 0 Å². The predicted octanol–water partition coefficient (Wildman–Crippen LogP) is 6.18. The van der Waals surface area contributed by atoms with Gasteiger partial charge in [0.15, 0.2) is 0 Å². The molecule has 0 amide bonds. The maximum absolute atomic E-state index is 14.6. The second-order valence-corrected chi connectivity index (χ2v) is 11.2. The van der Waals surface area contributed by atoms with E-state index in [9.17, 15) is 18.7 Å². The number of hydrogen-bond donors (Lipinski definition) is 1. The molecular formula is C29H29F2N3O4. The molecule has 3 atom stereocenters. The van der Waals surface area contributed by atoms with Gasteiger partial charge in [0, 0.05) is 29.8 Å². The number of carbonyl (C=O) groups is 1. The van der Waals surface area contributed by atoms with Crippen LogP contribution < -0.4 is 4.90 Å². The minimum Gasteiger partial charge on any atom is -0.478 e. The number of halogens is 2. The van der Waals surface area contributed by atoms with E-state index in [1.54, 1.807) is 6.07 Å². The SMILES string of the molecule is O=C(O)c1cnc(N2C3CC[C@H]2CC(OCc2c(-c4c(F)cccc4F)noc2C2CC2)C3)c(C2CC2)c1. The third-order valence-electron chi connectivity index (χ3n) is 8.52. The number of carboxylic acids is 1. The molecule has 2 aromatic heterocycles. The van der Waals surface area contributed by atoms with E-state index in [1.165, 1.54) is 24.4 Å². The molecule has 2 bridgehead atoms. The second-order valence-electron chi connectivity index (χ2n) is 11.2. The van der Waals surface area contributed by atoms with Gasteiger partial charge >= 0.3 is 5.97 Å². The summed E-state index contributed by atoms with van der Waals surface area (Å²) in [5, 5.41) is 13.5. The number of pyridine rings is 1. The summed E-state index contributed by atoms with van der Waals surface area (Å²) in [6.45, 7) is 0.196. The first kappa shape index (κ1) is 23.8. The van der Waals surface area contributed by atoms with Gasteiger partial charge in [0.1, 0.15) is 28.9 Å². The lowest BCUT2D eigenvalue weighted by atomic mass is 9.97. The van der Waals surface area contributed by atoms with Gasteiger partial charge in [-0.3, -0.25) is 0 Å². The molecule has 198 valence electrons. The van der Waals surface area contributed by atoms with E-state index < -0.39 is 17.6 Å². The first-order valence-electron chi connectivity index (χ1n) is 13.5. The Kier molecular flexibility index (Phi) is 5.72. The number of ether oxygens (including phenoxy) is 1. The van der Waals surface area contributed by atoms with Crippen molar-refractivity contribution < 1.29 is 27.9 Å². The van der Waals surface area contributed by atoms with Crippen molar-refractivity contribution in [1.29, 1.82) is 0 Å². The molecule has 2 saturated carbocycles. The molecule has 0 radical (unpaired) electrons. The molecule has 2 saturated heterocycles. The minimum atomic E-state index is -0.949. The van der Waals surface area contributed by atoms with Gasteiger partial charge in [-0.1, -0.05) is 11.2 Å². The fourth-order valence-corrected chi connectivity index (χ4v) is 6.36. The van der Waals surface area contributed by atoms with Gasteiger partial charge in [-0.15, -0.1) is 0 Å². The average molecular weight is 522 g/mol. The van der Waals surface area contributed by atoms with Crippen LogP contribution in [0.15, 0.2) is 35.0 Å². The summed E-state index contributed by atoms with van der Waals surface area (Å²) in [5.41, 5.74) is 1.97.